The molecule has 3 nitrogen and oxygen atoms in total. The van der Waals surface area contributed by atoms with Crippen LogP contribution >= 0.6 is 0 Å². The molecule has 0 heterocycles. The number of urea groups is 1. The lowest BCUT2D eigenvalue weighted by Crippen LogP contribution is -2.36. The van der Waals surface area contributed by atoms with Crippen LogP contribution < -0.4 is 5.32 Å². The molecule has 0 aromatic heterocycles. The number of nitrogens with one attached hydrogen (secondary N) is 1. The Balaban J connectivity index is 1.67. The predicted molar refractivity (Wildman–Crippen MR) is 85.0 cm³/mol. The lowest BCUT2D eigenvalue weighted by atomic mass is 10.2. The minimum absolute atomic E-state index is 0.0167. The van der Waals surface area contributed by atoms with E-state index in [0.29, 0.717) is 12.5 Å². The van der Waals surface area contributed by atoms with E-state index in [1.54, 1.807) is 0 Å². The molecule has 0 saturated heterocycles. The molecule has 1 saturated carbocycles. The first-order chi connectivity index (χ1) is 10.3. The maximum absolute atomic E-state index is 12.5. The molecule has 1 N–H and O–H groups in total. The summed E-state index contributed by atoms with van der Waals surface area (Å²) in [6.07, 6.45) is 2.48. The summed E-state index contributed by atoms with van der Waals surface area (Å²) in [6.45, 7) is 1.50. The highest BCUT2D eigenvalue weighted by Crippen LogP contribution is 2.30. The quantitative estimate of drug-likeness (QED) is 0.877. The van der Waals surface area contributed by atoms with Crippen molar-refractivity contribution in [2.24, 2.45) is 5.92 Å². The molecule has 0 unspecified atom stereocenters. The van der Waals surface area contributed by atoms with E-state index in [-0.39, 0.29) is 6.03 Å². The maximum Gasteiger partial charge on any atom is 0.322 e. The summed E-state index contributed by atoms with van der Waals surface area (Å²) in [5, 5.41) is 2.98. The third-order valence-electron chi connectivity index (χ3n) is 3.70. The summed E-state index contributed by atoms with van der Waals surface area (Å²) in [6, 6.07) is 19.8. The van der Waals surface area contributed by atoms with Crippen molar-refractivity contribution >= 4 is 11.7 Å². The molecule has 3 heteroatoms. The molecular formula is C18H20N2O. The first-order valence-corrected chi connectivity index (χ1v) is 7.46. The lowest BCUT2D eigenvalue weighted by molar-refractivity contribution is 0.206. The number of nitrogens with zero attached hydrogens (tertiary/aromatic N) is 1. The molecular weight excluding hydrogens is 260 g/mol. The standard InChI is InChI=1S/C18H20N2O/c21-18(19-17-9-5-2-6-10-17)20(14-16-11-12-16)13-15-7-3-1-4-8-15/h1-10,16H,11-14H2,(H,19,21). The van der Waals surface area contributed by atoms with Crippen LogP contribution in [0.4, 0.5) is 10.5 Å². The maximum atomic E-state index is 12.5. The van der Waals surface area contributed by atoms with Gasteiger partial charge in [0.25, 0.3) is 0 Å². The minimum atomic E-state index is -0.0167. The number of anilines is 1. The molecule has 2 amide bonds. The highest BCUT2D eigenvalue weighted by molar-refractivity contribution is 5.89. The van der Waals surface area contributed by atoms with Gasteiger partial charge in [0.15, 0.2) is 0 Å². The smallest absolute Gasteiger partial charge is 0.320 e. The Morgan fingerprint density at radius 2 is 1.62 bits per heavy atom. The van der Waals surface area contributed by atoms with Crippen LogP contribution in [0.2, 0.25) is 0 Å². The van der Waals surface area contributed by atoms with Gasteiger partial charge < -0.3 is 10.2 Å². The van der Waals surface area contributed by atoms with Crippen molar-refractivity contribution in [2.75, 3.05) is 11.9 Å². The first kappa shape index (κ1) is 13.7. The number of carbonyl (C=O) groups excluding carboxylic acids is 1. The van der Waals surface area contributed by atoms with Crippen molar-refractivity contribution in [2.45, 2.75) is 19.4 Å². The Hall–Kier alpha value is -2.29. The summed E-state index contributed by atoms with van der Waals surface area (Å²) in [4.78, 5) is 14.4. The molecule has 2 aromatic carbocycles. The van der Waals surface area contributed by atoms with Gasteiger partial charge in [0.05, 0.1) is 0 Å². The zero-order valence-corrected chi connectivity index (χ0v) is 12.0. The van der Waals surface area contributed by atoms with E-state index in [1.807, 2.05) is 53.4 Å². The van der Waals surface area contributed by atoms with Crippen LogP contribution in [0.1, 0.15) is 18.4 Å². The van der Waals surface area contributed by atoms with E-state index < -0.39 is 0 Å². The Bertz CT molecular complexity index is 579. The van der Waals surface area contributed by atoms with Gasteiger partial charge in [-0.1, -0.05) is 48.5 Å². The topological polar surface area (TPSA) is 32.3 Å². The Labute approximate surface area is 125 Å². The van der Waals surface area contributed by atoms with E-state index in [2.05, 4.69) is 17.4 Å². The number of para-hydroxylation sites is 1. The van der Waals surface area contributed by atoms with Gasteiger partial charge >= 0.3 is 6.03 Å². The molecule has 0 bridgehead atoms. The van der Waals surface area contributed by atoms with Crippen LogP contribution in [0.25, 0.3) is 0 Å². The van der Waals surface area contributed by atoms with Crippen LogP contribution in [0.3, 0.4) is 0 Å². The van der Waals surface area contributed by atoms with Gasteiger partial charge in [0.2, 0.25) is 0 Å². The molecule has 21 heavy (non-hydrogen) atoms. The number of hydrogen-bond donors (Lipinski definition) is 1. The third kappa shape index (κ3) is 4.09. The molecule has 0 aliphatic heterocycles. The molecule has 1 aliphatic carbocycles. The van der Waals surface area contributed by atoms with Crippen LogP contribution in [-0.4, -0.2) is 17.5 Å². The summed E-state index contributed by atoms with van der Waals surface area (Å²) in [5.41, 5.74) is 2.01. The van der Waals surface area contributed by atoms with E-state index in [1.165, 1.54) is 18.4 Å². The van der Waals surface area contributed by atoms with Crippen molar-refractivity contribution in [3.8, 4) is 0 Å². The van der Waals surface area contributed by atoms with Gasteiger partial charge in [-0.25, -0.2) is 4.79 Å². The predicted octanol–water partition coefficient (Wildman–Crippen LogP) is 4.13. The number of benzene rings is 2. The molecule has 0 spiro atoms. The second-order valence-corrected chi connectivity index (χ2v) is 5.61. The minimum Gasteiger partial charge on any atom is -0.320 e. The molecule has 1 fully saturated rings. The number of amides is 2. The monoisotopic (exact) mass is 280 g/mol. The largest absolute Gasteiger partial charge is 0.322 e. The van der Waals surface area contributed by atoms with Crippen molar-refractivity contribution in [1.82, 2.24) is 4.90 Å². The Morgan fingerprint density at radius 3 is 2.24 bits per heavy atom. The van der Waals surface area contributed by atoms with Crippen molar-refractivity contribution in [3.05, 3.63) is 66.2 Å². The SMILES string of the molecule is O=C(Nc1ccccc1)N(Cc1ccccc1)CC1CC1. The molecule has 2 aromatic rings. The summed E-state index contributed by atoms with van der Waals surface area (Å²) in [7, 11) is 0. The molecule has 3 rings (SSSR count). The lowest BCUT2D eigenvalue weighted by Gasteiger charge is -2.23. The van der Waals surface area contributed by atoms with E-state index in [4.69, 9.17) is 0 Å². The highest BCUT2D eigenvalue weighted by Gasteiger charge is 2.26. The second-order valence-electron chi connectivity index (χ2n) is 5.61. The third-order valence-corrected chi connectivity index (χ3v) is 3.70. The highest BCUT2D eigenvalue weighted by atomic mass is 16.2. The van der Waals surface area contributed by atoms with Crippen molar-refractivity contribution in [1.29, 1.82) is 0 Å². The Morgan fingerprint density at radius 1 is 1.00 bits per heavy atom. The van der Waals surface area contributed by atoms with Gasteiger partial charge in [-0.3, -0.25) is 0 Å². The van der Waals surface area contributed by atoms with Gasteiger partial charge in [-0.15, -0.1) is 0 Å². The fourth-order valence-corrected chi connectivity index (χ4v) is 2.36. The molecule has 108 valence electrons. The zero-order chi connectivity index (χ0) is 14.5. The number of carbonyl (C=O) groups is 1. The van der Waals surface area contributed by atoms with Crippen LogP contribution in [0.5, 0.6) is 0 Å². The Kier molecular flexibility index (Phi) is 4.20. The average molecular weight is 280 g/mol. The van der Waals surface area contributed by atoms with Gasteiger partial charge in [-0.2, -0.15) is 0 Å². The number of rotatable bonds is 5. The average Bonchev–Trinajstić information content (AvgIpc) is 3.33. The van der Waals surface area contributed by atoms with Gasteiger partial charge in [-0.05, 0) is 36.5 Å². The summed E-state index contributed by atoms with van der Waals surface area (Å²) in [5.74, 6) is 0.676. The van der Waals surface area contributed by atoms with Crippen molar-refractivity contribution in [3.63, 3.8) is 0 Å². The summed E-state index contributed by atoms with van der Waals surface area (Å²) < 4.78 is 0. The van der Waals surface area contributed by atoms with E-state index in [9.17, 15) is 4.79 Å². The van der Waals surface area contributed by atoms with E-state index >= 15 is 0 Å². The fourth-order valence-electron chi connectivity index (χ4n) is 2.36. The van der Waals surface area contributed by atoms with Crippen LogP contribution in [-0.2, 0) is 6.54 Å². The van der Waals surface area contributed by atoms with Crippen LogP contribution in [0.15, 0.2) is 60.7 Å². The molecule has 0 radical (unpaired) electrons. The molecule has 0 atom stereocenters. The fraction of sp³-hybridized carbons (Fsp3) is 0.278. The van der Waals surface area contributed by atoms with Crippen LogP contribution in [0, 0.1) is 5.92 Å². The number of hydrogen-bond acceptors (Lipinski definition) is 1. The normalized spacial score (nSPS) is 13.7. The zero-order valence-electron chi connectivity index (χ0n) is 12.0. The first-order valence-electron chi connectivity index (χ1n) is 7.46. The molecule has 1 aliphatic rings. The van der Waals surface area contributed by atoms with Crippen molar-refractivity contribution < 1.29 is 4.79 Å². The second kappa shape index (κ2) is 6.44. The van der Waals surface area contributed by atoms with E-state index in [0.717, 1.165) is 12.2 Å². The van der Waals surface area contributed by atoms with Gasteiger partial charge in [0.1, 0.15) is 0 Å². The summed E-state index contributed by atoms with van der Waals surface area (Å²) >= 11 is 0. The van der Waals surface area contributed by atoms with Gasteiger partial charge in [0, 0.05) is 18.8 Å².